The first kappa shape index (κ1) is 18.7. The smallest absolute Gasteiger partial charge is 0.343 e. The molecule has 0 bridgehead atoms. The quantitative estimate of drug-likeness (QED) is 0.534. The number of carbonyl (C=O) groups excluding carboxylic acids is 2. The largest absolute Gasteiger partial charge is 0.423 e. The third kappa shape index (κ3) is 4.99. The summed E-state index contributed by atoms with van der Waals surface area (Å²) in [4.78, 5) is 24.5. The van der Waals surface area contributed by atoms with E-state index >= 15 is 0 Å². The second kappa shape index (κ2) is 8.56. The Kier molecular flexibility index (Phi) is 6.17. The Balaban J connectivity index is 1.61. The normalized spacial score (nSPS) is 14.7. The fourth-order valence-corrected chi connectivity index (χ4v) is 3.56. The number of ether oxygens (including phenoxy) is 1. The van der Waals surface area contributed by atoms with Gasteiger partial charge in [0.15, 0.2) is 0 Å². The Bertz CT molecular complexity index is 779. The molecule has 0 saturated heterocycles. The van der Waals surface area contributed by atoms with E-state index in [4.69, 9.17) is 27.9 Å². The Hall–Kier alpha value is -2.04. The maximum atomic E-state index is 12.3. The van der Waals surface area contributed by atoms with Crippen molar-refractivity contribution in [2.24, 2.45) is 5.92 Å². The molecule has 1 fully saturated rings. The molecule has 0 aromatic heterocycles. The molecule has 1 amide bonds. The molecule has 0 aliphatic heterocycles. The predicted octanol–water partition coefficient (Wildman–Crippen LogP) is 5.73. The van der Waals surface area contributed by atoms with Crippen molar-refractivity contribution >= 4 is 40.8 Å². The number of amides is 1. The molecule has 0 atom stereocenters. The summed E-state index contributed by atoms with van der Waals surface area (Å²) >= 11 is 11.8. The third-order valence-electron chi connectivity index (χ3n) is 4.41. The molecule has 4 nitrogen and oxygen atoms in total. The monoisotopic (exact) mass is 391 g/mol. The molecule has 6 heteroatoms. The minimum absolute atomic E-state index is 0.0496. The van der Waals surface area contributed by atoms with Gasteiger partial charge < -0.3 is 10.1 Å². The van der Waals surface area contributed by atoms with Crippen molar-refractivity contribution in [1.82, 2.24) is 0 Å². The molecule has 1 N–H and O–H groups in total. The highest BCUT2D eigenvalue weighted by atomic mass is 35.5. The van der Waals surface area contributed by atoms with Gasteiger partial charge in [-0.1, -0.05) is 42.5 Å². The maximum Gasteiger partial charge on any atom is 0.343 e. The van der Waals surface area contributed by atoms with Crippen LogP contribution in [0.5, 0.6) is 5.75 Å². The molecule has 0 heterocycles. The standard InChI is InChI=1S/C20H19Cl2NO3/c21-15-10-16(22)12-18(11-15)26-20(25)14-6-8-17(9-7-14)23-19(24)13-4-2-1-3-5-13/h6-13H,1-5H2,(H,23,24). The van der Waals surface area contributed by atoms with E-state index in [0.717, 1.165) is 25.7 Å². The van der Waals surface area contributed by atoms with Crippen LogP contribution < -0.4 is 10.1 Å². The van der Waals surface area contributed by atoms with Gasteiger partial charge >= 0.3 is 5.97 Å². The van der Waals surface area contributed by atoms with Gasteiger partial charge in [-0.2, -0.15) is 0 Å². The van der Waals surface area contributed by atoms with E-state index in [1.165, 1.54) is 18.6 Å². The van der Waals surface area contributed by atoms with E-state index in [1.54, 1.807) is 30.3 Å². The van der Waals surface area contributed by atoms with Crippen molar-refractivity contribution < 1.29 is 14.3 Å². The second-order valence-corrected chi connectivity index (χ2v) is 7.27. The van der Waals surface area contributed by atoms with Crippen molar-refractivity contribution in [2.75, 3.05) is 5.32 Å². The number of rotatable bonds is 4. The number of hydrogen-bond acceptors (Lipinski definition) is 3. The van der Waals surface area contributed by atoms with Crippen LogP contribution >= 0.6 is 23.2 Å². The Morgan fingerprint density at radius 3 is 2.15 bits per heavy atom. The minimum Gasteiger partial charge on any atom is -0.423 e. The van der Waals surface area contributed by atoms with Gasteiger partial charge in [-0.3, -0.25) is 4.79 Å². The zero-order valence-electron chi connectivity index (χ0n) is 14.1. The third-order valence-corrected chi connectivity index (χ3v) is 4.85. The maximum absolute atomic E-state index is 12.3. The average Bonchev–Trinajstić information content (AvgIpc) is 2.62. The predicted molar refractivity (Wildman–Crippen MR) is 103 cm³/mol. The van der Waals surface area contributed by atoms with Crippen molar-refractivity contribution in [1.29, 1.82) is 0 Å². The summed E-state index contributed by atoms with van der Waals surface area (Å²) in [5, 5.41) is 3.70. The topological polar surface area (TPSA) is 55.4 Å². The highest BCUT2D eigenvalue weighted by molar-refractivity contribution is 6.34. The number of hydrogen-bond donors (Lipinski definition) is 1. The molecule has 1 aliphatic carbocycles. The number of benzene rings is 2. The van der Waals surface area contributed by atoms with E-state index in [0.29, 0.717) is 21.3 Å². The molecule has 136 valence electrons. The molecular weight excluding hydrogens is 373 g/mol. The highest BCUT2D eigenvalue weighted by Gasteiger charge is 2.21. The van der Waals surface area contributed by atoms with E-state index in [1.807, 2.05) is 0 Å². The SMILES string of the molecule is O=C(Oc1cc(Cl)cc(Cl)c1)c1ccc(NC(=O)C2CCCCC2)cc1. The zero-order valence-corrected chi connectivity index (χ0v) is 15.6. The zero-order chi connectivity index (χ0) is 18.5. The molecule has 2 aromatic carbocycles. The van der Waals surface area contributed by atoms with Crippen molar-refractivity contribution in [2.45, 2.75) is 32.1 Å². The number of anilines is 1. The van der Waals surface area contributed by atoms with Crippen LogP contribution in [-0.2, 0) is 4.79 Å². The fourth-order valence-electron chi connectivity index (χ4n) is 3.05. The van der Waals surface area contributed by atoms with Gasteiger partial charge in [0, 0.05) is 21.7 Å². The number of nitrogens with one attached hydrogen (secondary N) is 1. The van der Waals surface area contributed by atoms with Gasteiger partial charge in [0.1, 0.15) is 5.75 Å². The minimum atomic E-state index is -0.520. The van der Waals surface area contributed by atoms with Crippen LogP contribution in [0, 0.1) is 5.92 Å². The van der Waals surface area contributed by atoms with Crippen LogP contribution in [0.4, 0.5) is 5.69 Å². The van der Waals surface area contributed by atoms with Crippen LogP contribution in [0.25, 0.3) is 0 Å². The van der Waals surface area contributed by atoms with Gasteiger partial charge in [-0.05, 0) is 55.3 Å². The average molecular weight is 392 g/mol. The summed E-state index contributed by atoms with van der Waals surface area (Å²) < 4.78 is 5.28. The van der Waals surface area contributed by atoms with Gasteiger partial charge in [0.05, 0.1) is 5.56 Å². The highest BCUT2D eigenvalue weighted by Crippen LogP contribution is 2.26. The Morgan fingerprint density at radius 2 is 1.54 bits per heavy atom. The van der Waals surface area contributed by atoms with E-state index < -0.39 is 5.97 Å². The van der Waals surface area contributed by atoms with Crippen LogP contribution in [-0.4, -0.2) is 11.9 Å². The molecule has 0 unspecified atom stereocenters. The lowest BCUT2D eigenvalue weighted by atomic mass is 9.88. The van der Waals surface area contributed by atoms with Gasteiger partial charge in [-0.15, -0.1) is 0 Å². The molecule has 0 radical (unpaired) electrons. The molecule has 1 aliphatic rings. The van der Waals surface area contributed by atoms with Gasteiger partial charge in [0.25, 0.3) is 0 Å². The van der Waals surface area contributed by atoms with Gasteiger partial charge in [-0.25, -0.2) is 4.79 Å². The summed E-state index contributed by atoms with van der Waals surface area (Å²) in [5.41, 5.74) is 1.04. The molecule has 3 rings (SSSR count). The number of carbonyl (C=O) groups is 2. The molecule has 2 aromatic rings. The number of esters is 1. The summed E-state index contributed by atoms with van der Waals surface area (Å²) in [5.74, 6) is -0.106. The number of halogens is 2. The van der Waals surface area contributed by atoms with Crippen molar-refractivity contribution in [3.63, 3.8) is 0 Å². The van der Waals surface area contributed by atoms with Crippen LogP contribution in [0.3, 0.4) is 0 Å². The van der Waals surface area contributed by atoms with Crippen LogP contribution in [0.15, 0.2) is 42.5 Å². The van der Waals surface area contributed by atoms with Gasteiger partial charge in [0.2, 0.25) is 5.91 Å². The first-order valence-corrected chi connectivity index (χ1v) is 9.36. The van der Waals surface area contributed by atoms with E-state index in [-0.39, 0.29) is 17.6 Å². The van der Waals surface area contributed by atoms with E-state index in [2.05, 4.69) is 5.32 Å². The Morgan fingerprint density at radius 1 is 0.923 bits per heavy atom. The second-order valence-electron chi connectivity index (χ2n) is 6.40. The first-order chi connectivity index (χ1) is 12.5. The molecular formula is C20H19Cl2NO3. The summed E-state index contributed by atoms with van der Waals surface area (Å²) in [6.45, 7) is 0. The lowest BCUT2D eigenvalue weighted by Gasteiger charge is -2.20. The molecule has 1 saturated carbocycles. The van der Waals surface area contributed by atoms with Crippen molar-refractivity contribution in [3.8, 4) is 5.75 Å². The van der Waals surface area contributed by atoms with Crippen LogP contribution in [0.2, 0.25) is 10.0 Å². The Labute approximate surface area is 162 Å². The summed E-state index contributed by atoms with van der Waals surface area (Å²) in [6.07, 6.45) is 5.31. The first-order valence-electron chi connectivity index (χ1n) is 8.60. The lowest BCUT2D eigenvalue weighted by molar-refractivity contribution is -0.120. The molecule has 0 spiro atoms. The fraction of sp³-hybridized carbons (Fsp3) is 0.300. The lowest BCUT2D eigenvalue weighted by Crippen LogP contribution is -2.24. The van der Waals surface area contributed by atoms with Crippen molar-refractivity contribution in [3.05, 3.63) is 58.1 Å². The van der Waals surface area contributed by atoms with Crippen LogP contribution in [0.1, 0.15) is 42.5 Å². The molecule has 26 heavy (non-hydrogen) atoms. The summed E-state index contributed by atoms with van der Waals surface area (Å²) in [7, 11) is 0. The van der Waals surface area contributed by atoms with E-state index in [9.17, 15) is 9.59 Å². The summed E-state index contributed by atoms with van der Waals surface area (Å²) in [6, 6.07) is 11.2.